The maximum atomic E-state index is 12.0. The zero-order valence-corrected chi connectivity index (χ0v) is 10.3. The second-order valence-corrected chi connectivity index (χ2v) is 4.73. The fourth-order valence-corrected chi connectivity index (χ4v) is 2.06. The van der Waals surface area contributed by atoms with Crippen LogP contribution in [-0.2, 0) is 9.59 Å². The van der Waals surface area contributed by atoms with Crippen molar-refractivity contribution in [3.05, 3.63) is 0 Å². The van der Waals surface area contributed by atoms with Gasteiger partial charge in [-0.05, 0) is 12.8 Å². The van der Waals surface area contributed by atoms with Crippen molar-refractivity contribution in [2.24, 2.45) is 5.92 Å². The summed E-state index contributed by atoms with van der Waals surface area (Å²) < 4.78 is 0. The summed E-state index contributed by atoms with van der Waals surface area (Å²) in [4.78, 5) is 25.4. The van der Waals surface area contributed by atoms with Crippen LogP contribution in [0.15, 0.2) is 0 Å². The quantitative estimate of drug-likeness (QED) is 0.699. The number of hydrogen-bond acceptors (Lipinski definition) is 3. The molecule has 0 aliphatic carbocycles. The molecule has 1 aliphatic heterocycles. The molecular weight excluding hydrogens is 208 g/mol. The van der Waals surface area contributed by atoms with E-state index < -0.39 is 11.6 Å². The predicted octanol–water partition coefficient (Wildman–Crippen LogP) is -0.260. The molecule has 0 bridgehead atoms. The number of likely N-dealkylation sites (N-methyl/N-ethyl adjacent to an activating group) is 1. The van der Waals surface area contributed by atoms with Gasteiger partial charge in [-0.25, -0.2) is 0 Å². The number of nitrogens with one attached hydrogen (secondary N) is 1. The van der Waals surface area contributed by atoms with Gasteiger partial charge in [0.2, 0.25) is 5.91 Å². The minimum Gasteiger partial charge on any atom is -0.393 e. The smallest absolute Gasteiger partial charge is 0.250 e. The Morgan fingerprint density at radius 1 is 1.56 bits per heavy atom. The molecule has 0 aromatic rings. The molecule has 1 saturated heterocycles. The molecule has 0 saturated carbocycles. The normalized spacial score (nSPS) is 32.6. The average Bonchev–Trinajstić information content (AvgIpc) is 2.25. The van der Waals surface area contributed by atoms with Crippen molar-refractivity contribution in [2.45, 2.75) is 38.8 Å². The van der Waals surface area contributed by atoms with Crippen molar-refractivity contribution in [3.63, 3.8) is 0 Å². The van der Waals surface area contributed by atoms with E-state index in [9.17, 15) is 14.7 Å². The molecule has 0 spiro atoms. The van der Waals surface area contributed by atoms with E-state index in [1.54, 1.807) is 7.05 Å². The maximum absolute atomic E-state index is 12.0. The molecule has 1 rings (SSSR count). The van der Waals surface area contributed by atoms with Gasteiger partial charge in [-0.3, -0.25) is 9.59 Å². The summed E-state index contributed by atoms with van der Waals surface area (Å²) in [5.74, 6) is -0.315. The second kappa shape index (κ2) is 4.41. The number of carbonyl (C=O) groups excluding carboxylic acids is 2. The van der Waals surface area contributed by atoms with E-state index in [1.165, 1.54) is 11.8 Å². The van der Waals surface area contributed by atoms with Crippen LogP contribution in [0.5, 0.6) is 0 Å². The third-order valence-corrected chi connectivity index (χ3v) is 3.38. The van der Waals surface area contributed by atoms with Crippen LogP contribution in [0.25, 0.3) is 0 Å². The highest BCUT2D eigenvalue weighted by Gasteiger charge is 2.47. The summed E-state index contributed by atoms with van der Waals surface area (Å²) in [6.07, 6.45) is 0.825. The van der Waals surface area contributed by atoms with Gasteiger partial charge in [0, 0.05) is 7.05 Å². The van der Waals surface area contributed by atoms with E-state index >= 15 is 0 Å². The third-order valence-electron chi connectivity index (χ3n) is 3.38. The Balaban J connectivity index is 2.97. The lowest BCUT2D eigenvalue weighted by Gasteiger charge is -2.43. The minimum atomic E-state index is -1.17. The van der Waals surface area contributed by atoms with Gasteiger partial charge in [-0.1, -0.05) is 20.3 Å². The molecule has 3 atom stereocenters. The molecule has 5 heteroatoms. The van der Waals surface area contributed by atoms with E-state index in [-0.39, 0.29) is 24.3 Å². The lowest BCUT2D eigenvalue weighted by molar-refractivity contribution is -0.156. The number of nitrogens with zero attached hydrogens (tertiary/aromatic N) is 1. The van der Waals surface area contributed by atoms with Crippen LogP contribution in [0, 0.1) is 5.92 Å². The number of piperazine rings is 1. The lowest BCUT2D eigenvalue weighted by atomic mass is 9.89. The van der Waals surface area contributed by atoms with E-state index in [2.05, 4.69) is 5.32 Å². The molecule has 16 heavy (non-hydrogen) atoms. The number of aliphatic hydroxyl groups excluding tert-OH is 1. The van der Waals surface area contributed by atoms with Crippen LogP contribution in [0.3, 0.4) is 0 Å². The fourth-order valence-electron chi connectivity index (χ4n) is 2.06. The first kappa shape index (κ1) is 13.0. The Labute approximate surface area is 95.8 Å². The van der Waals surface area contributed by atoms with E-state index in [1.807, 2.05) is 13.8 Å². The molecule has 2 N–H and O–H groups in total. The molecule has 0 unspecified atom stereocenters. The third kappa shape index (κ3) is 1.91. The number of aliphatic hydroxyl groups is 1. The van der Waals surface area contributed by atoms with Crippen molar-refractivity contribution in [2.75, 3.05) is 13.7 Å². The molecule has 92 valence electrons. The van der Waals surface area contributed by atoms with Gasteiger partial charge in [0.1, 0.15) is 11.6 Å². The number of amides is 2. The maximum Gasteiger partial charge on any atom is 0.250 e. The highest BCUT2D eigenvalue weighted by atomic mass is 16.3. The Kier molecular flexibility index (Phi) is 3.57. The van der Waals surface area contributed by atoms with Crippen molar-refractivity contribution in [1.29, 1.82) is 0 Å². The van der Waals surface area contributed by atoms with Crippen LogP contribution in [0.2, 0.25) is 0 Å². The summed E-state index contributed by atoms with van der Waals surface area (Å²) in [6, 6.07) is -0.433. The predicted molar refractivity (Wildman–Crippen MR) is 59.6 cm³/mol. The Hall–Kier alpha value is -1.10. The van der Waals surface area contributed by atoms with Gasteiger partial charge >= 0.3 is 0 Å². The molecule has 1 heterocycles. The number of carbonyl (C=O) groups is 2. The number of hydrogen-bond donors (Lipinski definition) is 2. The SMILES string of the molecule is CC[C@H](C)[C@H]1C(=O)N[C@@](C)(CO)C(=O)N1C. The first-order valence-corrected chi connectivity index (χ1v) is 5.57. The Morgan fingerprint density at radius 3 is 2.56 bits per heavy atom. The highest BCUT2D eigenvalue weighted by molar-refractivity contribution is 5.99. The van der Waals surface area contributed by atoms with Gasteiger partial charge in [0.05, 0.1) is 6.61 Å². The van der Waals surface area contributed by atoms with Gasteiger partial charge in [-0.2, -0.15) is 0 Å². The summed E-state index contributed by atoms with van der Waals surface area (Å²) in [5.41, 5.74) is -1.17. The van der Waals surface area contributed by atoms with Crippen molar-refractivity contribution in [3.8, 4) is 0 Å². The standard InChI is InChI=1S/C11H20N2O3/c1-5-7(2)8-9(15)12-11(3,6-14)10(16)13(8)4/h7-8,14H,5-6H2,1-4H3,(H,12,15)/t7-,8-,11-/m0/s1. The first-order chi connectivity index (χ1) is 7.37. The Bertz CT molecular complexity index is 306. The largest absolute Gasteiger partial charge is 0.393 e. The van der Waals surface area contributed by atoms with Gasteiger partial charge in [-0.15, -0.1) is 0 Å². The van der Waals surface area contributed by atoms with Crippen molar-refractivity contribution in [1.82, 2.24) is 10.2 Å². The molecule has 0 aromatic carbocycles. The summed E-state index contributed by atoms with van der Waals surface area (Å²) >= 11 is 0. The number of rotatable bonds is 3. The first-order valence-electron chi connectivity index (χ1n) is 5.57. The monoisotopic (exact) mass is 228 g/mol. The lowest BCUT2D eigenvalue weighted by Crippen LogP contribution is -2.70. The van der Waals surface area contributed by atoms with Crippen LogP contribution >= 0.6 is 0 Å². The van der Waals surface area contributed by atoms with Gasteiger partial charge in [0.25, 0.3) is 5.91 Å². The Morgan fingerprint density at radius 2 is 2.12 bits per heavy atom. The van der Waals surface area contributed by atoms with Gasteiger partial charge in [0.15, 0.2) is 0 Å². The second-order valence-electron chi connectivity index (χ2n) is 4.73. The van der Waals surface area contributed by atoms with Crippen LogP contribution in [0.1, 0.15) is 27.2 Å². The van der Waals surface area contributed by atoms with E-state index in [0.29, 0.717) is 0 Å². The average molecular weight is 228 g/mol. The molecule has 1 aliphatic rings. The highest BCUT2D eigenvalue weighted by Crippen LogP contribution is 2.22. The van der Waals surface area contributed by atoms with Crippen molar-refractivity contribution < 1.29 is 14.7 Å². The minimum absolute atomic E-state index is 0.109. The summed E-state index contributed by atoms with van der Waals surface area (Å²) in [5, 5.41) is 11.8. The van der Waals surface area contributed by atoms with Crippen molar-refractivity contribution >= 4 is 11.8 Å². The molecular formula is C11H20N2O3. The zero-order chi connectivity index (χ0) is 12.5. The fraction of sp³-hybridized carbons (Fsp3) is 0.818. The van der Waals surface area contributed by atoms with Crippen LogP contribution < -0.4 is 5.32 Å². The molecule has 5 nitrogen and oxygen atoms in total. The molecule has 0 radical (unpaired) electrons. The summed E-state index contributed by atoms with van der Waals surface area (Å²) in [7, 11) is 1.62. The molecule has 0 aromatic heterocycles. The van der Waals surface area contributed by atoms with Crippen LogP contribution in [0.4, 0.5) is 0 Å². The topological polar surface area (TPSA) is 69.6 Å². The van der Waals surface area contributed by atoms with Gasteiger partial charge < -0.3 is 15.3 Å². The molecule has 1 fully saturated rings. The summed E-state index contributed by atoms with van der Waals surface area (Å²) in [6.45, 7) is 5.08. The van der Waals surface area contributed by atoms with E-state index in [0.717, 1.165) is 6.42 Å². The van der Waals surface area contributed by atoms with Crippen LogP contribution in [-0.4, -0.2) is 47.1 Å². The molecule has 2 amide bonds. The van der Waals surface area contributed by atoms with E-state index in [4.69, 9.17) is 0 Å². The zero-order valence-electron chi connectivity index (χ0n) is 10.3.